The lowest BCUT2D eigenvalue weighted by atomic mass is 10.2. The predicted molar refractivity (Wildman–Crippen MR) is 124 cm³/mol. The Balaban J connectivity index is 1.81. The molecule has 0 radical (unpaired) electrons. The van der Waals surface area contributed by atoms with E-state index >= 15 is 0 Å². The smallest absolute Gasteiger partial charge is 0.344 e. The van der Waals surface area contributed by atoms with Crippen molar-refractivity contribution in [1.82, 2.24) is 9.66 Å². The Morgan fingerprint density at radius 1 is 1.23 bits per heavy atom. The largest absolute Gasteiger partial charge is 0.482 e. The van der Waals surface area contributed by atoms with Crippen molar-refractivity contribution in [2.45, 2.75) is 39.7 Å². The van der Waals surface area contributed by atoms with Crippen LogP contribution in [0.2, 0.25) is 0 Å². The van der Waals surface area contributed by atoms with Gasteiger partial charge in [-0.3, -0.25) is 4.79 Å². The van der Waals surface area contributed by atoms with Crippen molar-refractivity contribution >= 4 is 39.0 Å². The number of esters is 1. The SMILES string of the molecule is CCCc1nc2ccc(Br)cc2c(=O)n1N=Cc1ccc(OCC(=O)OC(C)C)cc1. The van der Waals surface area contributed by atoms with Gasteiger partial charge >= 0.3 is 5.97 Å². The fourth-order valence-electron chi connectivity index (χ4n) is 2.91. The van der Waals surface area contributed by atoms with Gasteiger partial charge in [-0.2, -0.15) is 9.78 Å². The van der Waals surface area contributed by atoms with Gasteiger partial charge < -0.3 is 9.47 Å². The summed E-state index contributed by atoms with van der Waals surface area (Å²) >= 11 is 3.40. The van der Waals surface area contributed by atoms with Crippen LogP contribution in [0, 0.1) is 0 Å². The molecule has 0 aliphatic rings. The number of carbonyl (C=O) groups excluding carboxylic acids is 1. The number of benzene rings is 2. The highest BCUT2D eigenvalue weighted by atomic mass is 79.9. The van der Waals surface area contributed by atoms with Gasteiger partial charge in [-0.25, -0.2) is 9.78 Å². The minimum Gasteiger partial charge on any atom is -0.482 e. The molecular formula is C23H24BrN3O4. The lowest BCUT2D eigenvalue weighted by molar-refractivity contribution is -0.149. The van der Waals surface area contributed by atoms with E-state index in [1.807, 2.05) is 19.1 Å². The Hall–Kier alpha value is -3.00. The summed E-state index contributed by atoms with van der Waals surface area (Å²) in [6.45, 7) is 5.45. The maximum atomic E-state index is 13.0. The summed E-state index contributed by atoms with van der Waals surface area (Å²) < 4.78 is 12.6. The number of rotatable bonds is 8. The zero-order chi connectivity index (χ0) is 22.4. The maximum Gasteiger partial charge on any atom is 0.344 e. The first kappa shape index (κ1) is 22.7. The van der Waals surface area contributed by atoms with Gasteiger partial charge in [0.1, 0.15) is 11.6 Å². The van der Waals surface area contributed by atoms with Gasteiger partial charge in [0.2, 0.25) is 0 Å². The second-order valence-electron chi connectivity index (χ2n) is 7.20. The molecule has 1 aromatic heterocycles. The molecule has 1 heterocycles. The Kier molecular flexibility index (Phi) is 7.57. The third-order valence-corrected chi connectivity index (χ3v) is 4.77. The van der Waals surface area contributed by atoms with Gasteiger partial charge in [-0.05, 0) is 68.3 Å². The van der Waals surface area contributed by atoms with Crippen molar-refractivity contribution in [2.24, 2.45) is 5.10 Å². The molecule has 0 N–H and O–H groups in total. The Bertz CT molecular complexity index is 1150. The molecule has 2 aromatic carbocycles. The average Bonchev–Trinajstić information content (AvgIpc) is 2.73. The number of hydrogen-bond acceptors (Lipinski definition) is 6. The molecule has 0 saturated heterocycles. The number of nitrogens with zero attached hydrogens (tertiary/aromatic N) is 3. The van der Waals surface area contributed by atoms with E-state index in [2.05, 4.69) is 26.0 Å². The van der Waals surface area contributed by atoms with E-state index < -0.39 is 5.97 Å². The normalized spacial score (nSPS) is 11.4. The molecule has 0 bridgehead atoms. The van der Waals surface area contributed by atoms with Gasteiger partial charge in [0.15, 0.2) is 6.61 Å². The zero-order valence-electron chi connectivity index (χ0n) is 17.7. The monoisotopic (exact) mass is 485 g/mol. The first-order valence-corrected chi connectivity index (χ1v) is 10.8. The molecule has 0 amide bonds. The van der Waals surface area contributed by atoms with E-state index in [1.54, 1.807) is 50.4 Å². The molecule has 162 valence electrons. The van der Waals surface area contributed by atoms with E-state index in [0.29, 0.717) is 28.9 Å². The lowest BCUT2D eigenvalue weighted by Crippen LogP contribution is -2.22. The minimum atomic E-state index is -0.418. The van der Waals surface area contributed by atoms with Crippen LogP contribution in [0.25, 0.3) is 10.9 Å². The average molecular weight is 486 g/mol. The molecule has 0 spiro atoms. The van der Waals surface area contributed by atoms with Crippen molar-refractivity contribution in [3.8, 4) is 5.75 Å². The molecule has 0 unspecified atom stereocenters. The lowest BCUT2D eigenvalue weighted by Gasteiger charge is -2.09. The maximum absolute atomic E-state index is 13.0. The second kappa shape index (κ2) is 10.3. The fraction of sp³-hybridized carbons (Fsp3) is 0.304. The molecule has 0 aliphatic carbocycles. The molecule has 0 atom stereocenters. The van der Waals surface area contributed by atoms with Crippen LogP contribution in [-0.4, -0.2) is 34.6 Å². The Morgan fingerprint density at radius 2 is 1.97 bits per heavy atom. The van der Waals surface area contributed by atoms with Gasteiger partial charge in [0.25, 0.3) is 5.56 Å². The summed E-state index contributed by atoms with van der Waals surface area (Å²) in [7, 11) is 0. The van der Waals surface area contributed by atoms with Crippen LogP contribution in [0.5, 0.6) is 5.75 Å². The minimum absolute atomic E-state index is 0.153. The topological polar surface area (TPSA) is 82.8 Å². The van der Waals surface area contributed by atoms with E-state index in [1.165, 1.54) is 4.68 Å². The predicted octanol–water partition coefficient (Wildman–Crippen LogP) is 4.32. The van der Waals surface area contributed by atoms with Crippen molar-refractivity contribution in [1.29, 1.82) is 0 Å². The van der Waals surface area contributed by atoms with Crippen LogP contribution in [0.15, 0.2) is 56.8 Å². The van der Waals surface area contributed by atoms with Gasteiger partial charge in [0.05, 0.1) is 23.2 Å². The van der Waals surface area contributed by atoms with Crippen LogP contribution in [-0.2, 0) is 16.0 Å². The molecule has 3 rings (SSSR count). The van der Waals surface area contributed by atoms with E-state index in [0.717, 1.165) is 16.5 Å². The van der Waals surface area contributed by atoms with Crippen molar-refractivity contribution < 1.29 is 14.3 Å². The molecule has 0 fully saturated rings. The van der Waals surface area contributed by atoms with Gasteiger partial charge in [0, 0.05) is 10.9 Å². The number of halogens is 1. The highest BCUT2D eigenvalue weighted by molar-refractivity contribution is 9.10. The summed E-state index contributed by atoms with van der Waals surface area (Å²) in [5.74, 6) is 0.736. The molecule has 31 heavy (non-hydrogen) atoms. The molecule has 8 heteroatoms. The molecule has 3 aromatic rings. The second-order valence-corrected chi connectivity index (χ2v) is 8.11. The fourth-order valence-corrected chi connectivity index (χ4v) is 3.27. The summed E-state index contributed by atoms with van der Waals surface area (Å²) in [5, 5.41) is 4.90. The first-order valence-electron chi connectivity index (χ1n) is 10.0. The first-order chi connectivity index (χ1) is 14.9. The molecular weight excluding hydrogens is 462 g/mol. The molecule has 0 saturated carbocycles. The summed E-state index contributed by atoms with van der Waals surface area (Å²) in [5.41, 5.74) is 1.22. The van der Waals surface area contributed by atoms with Crippen molar-refractivity contribution in [3.63, 3.8) is 0 Å². The van der Waals surface area contributed by atoms with Crippen molar-refractivity contribution in [3.05, 3.63) is 68.7 Å². The number of aryl methyl sites for hydroxylation is 1. The van der Waals surface area contributed by atoms with Gasteiger partial charge in [-0.15, -0.1) is 0 Å². The Morgan fingerprint density at radius 3 is 2.65 bits per heavy atom. The number of hydrogen-bond donors (Lipinski definition) is 0. The highest BCUT2D eigenvalue weighted by Crippen LogP contribution is 2.17. The zero-order valence-corrected chi connectivity index (χ0v) is 19.3. The van der Waals surface area contributed by atoms with Crippen LogP contribution < -0.4 is 10.3 Å². The highest BCUT2D eigenvalue weighted by Gasteiger charge is 2.10. The number of ether oxygens (including phenoxy) is 2. The van der Waals surface area contributed by atoms with Crippen LogP contribution in [0.3, 0.4) is 0 Å². The van der Waals surface area contributed by atoms with E-state index in [4.69, 9.17) is 9.47 Å². The Labute approximate surface area is 188 Å². The standard InChI is InChI=1S/C23H24BrN3O4/c1-4-5-21-26-20-11-8-17(24)12-19(20)23(29)27(21)25-13-16-6-9-18(10-7-16)30-14-22(28)31-15(2)3/h6-13,15H,4-5,14H2,1-3H3. The quantitative estimate of drug-likeness (QED) is 0.350. The van der Waals surface area contributed by atoms with Gasteiger partial charge in [-0.1, -0.05) is 22.9 Å². The summed E-state index contributed by atoms with van der Waals surface area (Å²) in [6.07, 6.45) is 2.90. The number of fused-ring (bicyclic) bond motifs is 1. The number of aromatic nitrogens is 2. The summed E-state index contributed by atoms with van der Waals surface area (Å²) in [6, 6.07) is 12.5. The summed E-state index contributed by atoms with van der Waals surface area (Å²) in [4.78, 5) is 29.2. The molecule has 7 nitrogen and oxygen atoms in total. The van der Waals surface area contributed by atoms with Crippen LogP contribution in [0.1, 0.15) is 38.6 Å². The van der Waals surface area contributed by atoms with Crippen molar-refractivity contribution in [2.75, 3.05) is 6.61 Å². The van der Waals surface area contributed by atoms with E-state index in [9.17, 15) is 9.59 Å². The third kappa shape index (κ3) is 6.01. The van der Waals surface area contributed by atoms with E-state index in [-0.39, 0.29) is 18.3 Å². The number of carbonyl (C=O) groups is 1. The van der Waals surface area contributed by atoms with Crippen LogP contribution in [0.4, 0.5) is 0 Å². The van der Waals surface area contributed by atoms with Crippen LogP contribution >= 0.6 is 15.9 Å². The third-order valence-electron chi connectivity index (χ3n) is 4.28. The molecule has 0 aliphatic heterocycles.